The van der Waals surface area contributed by atoms with Crippen LogP contribution >= 0.6 is 11.8 Å². The highest BCUT2D eigenvalue weighted by Crippen LogP contribution is 2.49. The molecule has 1 aliphatic rings. The van der Waals surface area contributed by atoms with Gasteiger partial charge in [0.1, 0.15) is 12.6 Å². The molecule has 0 aliphatic carbocycles. The van der Waals surface area contributed by atoms with Gasteiger partial charge in [0, 0.05) is 27.5 Å². The lowest BCUT2D eigenvalue weighted by Crippen LogP contribution is -2.27. The van der Waals surface area contributed by atoms with Crippen LogP contribution < -0.4 is 4.90 Å². The van der Waals surface area contributed by atoms with Gasteiger partial charge in [-0.2, -0.15) is 0 Å². The van der Waals surface area contributed by atoms with E-state index in [0.717, 1.165) is 46.7 Å². The molecule has 0 fully saturated rings. The first-order valence-corrected chi connectivity index (χ1v) is 10.2. The first-order chi connectivity index (χ1) is 12.7. The molecule has 1 heterocycles. The second kappa shape index (κ2) is 8.54. The lowest BCUT2D eigenvalue weighted by molar-refractivity contribution is 0.111. The molecule has 2 aromatic carbocycles. The minimum Gasteiger partial charge on any atom is -0.339 e. The molecule has 1 unspecified atom stereocenters. The summed E-state index contributed by atoms with van der Waals surface area (Å²) in [6, 6.07) is 11.7. The van der Waals surface area contributed by atoms with Gasteiger partial charge in [0.25, 0.3) is 0 Å². The average Bonchev–Trinajstić information content (AvgIpc) is 2.69. The summed E-state index contributed by atoms with van der Waals surface area (Å²) in [5.41, 5.74) is 3.62. The molecule has 0 amide bonds. The van der Waals surface area contributed by atoms with E-state index in [0.29, 0.717) is 17.0 Å². The first kappa shape index (κ1) is 18.7. The Kier molecular flexibility index (Phi) is 6.15. The number of carbonyl (C=O) groups excluding carboxylic acids is 2. The number of carbonyl (C=O) groups is 2. The molecule has 4 heteroatoms. The number of fused-ring (bicyclic) bond motifs is 2. The number of aldehydes is 2. The quantitative estimate of drug-likeness (QED) is 0.526. The van der Waals surface area contributed by atoms with E-state index in [1.807, 2.05) is 36.4 Å². The van der Waals surface area contributed by atoms with Crippen molar-refractivity contribution in [3.63, 3.8) is 0 Å². The van der Waals surface area contributed by atoms with Crippen LogP contribution in [-0.4, -0.2) is 19.1 Å². The second-order valence-corrected chi connectivity index (χ2v) is 7.90. The van der Waals surface area contributed by atoms with Gasteiger partial charge in [-0.15, -0.1) is 0 Å². The van der Waals surface area contributed by atoms with Crippen LogP contribution in [0.4, 0.5) is 11.4 Å². The van der Waals surface area contributed by atoms with Crippen molar-refractivity contribution in [3.8, 4) is 0 Å². The van der Waals surface area contributed by atoms with Crippen LogP contribution in [-0.2, 0) is 0 Å². The molecule has 0 saturated carbocycles. The third kappa shape index (κ3) is 3.85. The number of hydrogen-bond donors (Lipinski definition) is 0. The van der Waals surface area contributed by atoms with Crippen LogP contribution in [0.5, 0.6) is 0 Å². The Hall–Kier alpha value is -2.07. The number of hydrogen-bond acceptors (Lipinski definition) is 4. The minimum atomic E-state index is 0.601. The van der Waals surface area contributed by atoms with Gasteiger partial charge in [-0.05, 0) is 42.7 Å². The molecule has 3 rings (SSSR count). The lowest BCUT2D eigenvalue weighted by Gasteiger charge is -2.35. The molecule has 3 nitrogen and oxygen atoms in total. The summed E-state index contributed by atoms with van der Waals surface area (Å²) in [6.07, 6.45) is 6.58. The molecular weight excluding hydrogens is 342 g/mol. The van der Waals surface area contributed by atoms with Crippen molar-refractivity contribution in [3.05, 3.63) is 47.5 Å². The van der Waals surface area contributed by atoms with Gasteiger partial charge >= 0.3 is 0 Å². The Morgan fingerprint density at radius 2 is 1.69 bits per heavy atom. The largest absolute Gasteiger partial charge is 0.339 e. The van der Waals surface area contributed by atoms with Gasteiger partial charge in [0.2, 0.25) is 0 Å². The zero-order valence-electron chi connectivity index (χ0n) is 15.4. The van der Waals surface area contributed by atoms with E-state index in [-0.39, 0.29) is 0 Å². The fraction of sp³-hybridized carbons (Fsp3) is 0.364. The van der Waals surface area contributed by atoms with Crippen LogP contribution in [0, 0.1) is 5.92 Å². The first-order valence-electron chi connectivity index (χ1n) is 9.34. The monoisotopic (exact) mass is 367 g/mol. The predicted molar refractivity (Wildman–Crippen MR) is 108 cm³/mol. The standard InChI is InChI=1S/C22H25NO2S/c1-3-5-6-16(4-2)13-23-19-9-7-18(15-25)12-22(19)26-21-10-8-17(14-24)11-20(21)23/h7-12,14-16H,3-6,13H2,1-2H3. The maximum Gasteiger partial charge on any atom is 0.150 e. The third-order valence-corrected chi connectivity index (χ3v) is 6.14. The van der Waals surface area contributed by atoms with Gasteiger partial charge in [0.15, 0.2) is 0 Å². The molecule has 0 bridgehead atoms. The fourth-order valence-electron chi connectivity index (χ4n) is 3.43. The van der Waals surface area contributed by atoms with Crippen LogP contribution in [0.1, 0.15) is 60.2 Å². The summed E-state index contributed by atoms with van der Waals surface area (Å²) in [4.78, 5) is 27.0. The van der Waals surface area contributed by atoms with E-state index in [1.165, 1.54) is 19.3 Å². The fourth-order valence-corrected chi connectivity index (χ4v) is 4.56. The minimum absolute atomic E-state index is 0.601. The Morgan fingerprint density at radius 3 is 2.38 bits per heavy atom. The van der Waals surface area contributed by atoms with Crippen molar-refractivity contribution in [2.45, 2.75) is 49.3 Å². The van der Waals surface area contributed by atoms with Crippen molar-refractivity contribution in [1.29, 1.82) is 0 Å². The summed E-state index contributed by atoms with van der Waals surface area (Å²) in [7, 11) is 0. The maximum atomic E-state index is 11.3. The van der Waals surface area contributed by atoms with Crippen molar-refractivity contribution in [2.75, 3.05) is 11.4 Å². The van der Waals surface area contributed by atoms with Gasteiger partial charge in [-0.3, -0.25) is 9.59 Å². The highest BCUT2D eigenvalue weighted by Gasteiger charge is 2.26. The molecule has 136 valence electrons. The number of anilines is 2. The molecule has 0 spiro atoms. The van der Waals surface area contributed by atoms with E-state index < -0.39 is 0 Å². The summed E-state index contributed by atoms with van der Waals surface area (Å²) >= 11 is 1.67. The van der Waals surface area contributed by atoms with E-state index in [9.17, 15) is 9.59 Å². The molecule has 1 atom stereocenters. The van der Waals surface area contributed by atoms with Gasteiger partial charge in [-0.25, -0.2) is 0 Å². The SMILES string of the molecule is CCCCC(CC)CN1c2ccc(C=O)cc2Sc2ccc(C=O)cc21. The van der Waals surface area contributed by atoms with Gasteiger partial charge < -0.3 is 4.90 Å². The van der Waals surface area contributed by atoms with E-state index in [1.54, 1.807) is 11.8 Å². The van der Waals surface area contributed by atoms with Crippen molar-refractivity contribution >= 4 is 35.7 Å². The molecule has 0 N–H and O–H groups in total. The zero-order chi connectivity index (χ0) is 18.5. The number of rotatable bonds is 8. The lowest BCUT2D eigenvalue weighted by atomic mass is 9.97. The molecule has 26 heavy (non-hydrogen) atoms. The second-order valence-electron chi connectivity index (χ2n) is 6.82. The number of unbranched alkanes of at least 4 members (excludes halogenated alkanes) is 1. The number of nitrogens with zero attached hydrogens (tertiary/aromatic N) is 1. The van der Waals surface area contributed by atoms with Crippen LogP contribution in [0.25, 0.3) is 0 Å². The smallest absolute Gasteiger partial charge is 0.150 e. The number of benzene rings is 2. The average molecular weight is 368 g/mol. The molecule has 2 aromatic rings. The topological polar surface area (TPSA) is 37.4 Å². The summed E-state index contributed by atoms with van der Waals surface area (Å²) < 4.78 is 0. The Balaban J connectivity index is 2.02. The molecule has 1 aliphatic heterocycles. The van der Waals surface area contributed by atoms with Gasteiger partial charge in [-0.1, -0.05) is 50.9 Å². The van der Waals surface area contributed by atoms with E-state index in [4.69, 9.17) is 0 Å². The summed E-state index contributed by atoms with van der Waals surface area (Å²) in [6.45, 7) is 5.41. The van der Waals surface area contributed by atoms with E-state index in [2.05, 4.69) is 18.7 Å². The van der Waals surface area contributed by atoms with Crippen LogP contribution in [0.2, 0.25) is 0 Å². The summed E-state index contributed by atoms with van der Waals surface area (Å²) in [5, 5.41) is 0. The third-order valence-electron chi connectivity index (χ3n) is 5.02. The maximum absolute atomic E-state index is 11.3. The van der Waals surface area contributed by atoms with Crippen molar-refractivity contribution in [2.24, 2.45) is 5.92 Å². The Labute approximate surface area is 159 Å². The van der Waals surface area contributed by atoms with Crippen LogP contribution in [0.15, 0.2) is 46.2 Å². The molecular formula is C22H25NO2S. The Bertz CT molecular complexity index is 803. The highest BCUT2D eigenvalue weighted by molar-refractivity contribution is 7.99. The molecule has 0 saturated heterocycles. The van der Waals surface area contributed by atoms with Crippen molar-refractivity contribution in [1.82, 2.24) is 0 Å². The van der Waals surface area contributed by atoms with Crippen LogP contribution in [0.3, 0.4) is 0 Å². The normalized spacial score (nSPS) is 13.7. The Morgan fingerprint density at radius 1 is 0.962 bits per heavy atom. The van der Waals surface area contributed by atoms with Gasteiger partial charge in [0.05, 0.1) is 11.4 Å². The molecule has 0 aromatic heterocycles. The molecule has 0 radical (unpaired) electrons. The van der Waals surface area contributed by atoms with E-state index >= 15 is 0 Å². The summed E-state index contributed by atoms with van der Waals surface area (Å²) in [5.74, 6) is 0.601. The highest BCUT2D eigenvalue weighted by atomic mass is 32.2. The zero-order valence-corrected chi connectivity index (χ0v) is 16.2. The predicted octanol–water partition coefficient (Wildman–Crippen LogP) is 6.13. The van der Waals surface area contributed by atoms with Crippen molar-refractivity contribution < 1.29 is 9.59 Å².